The minimum absolute atomic E-state index is 0.000374. The van der Waals surface area contributed by atoms with Crippen molar-refractivity contribution in [2.24, 2.45) is 0 Å². The van der Waals surface area contributed by atoms with Crippen molar-refractivity contribution in [3.63, 3.8) is 0 Å². The first kappa shape index (κ1) is 27.7. The Morgan fingerprint density at radius 2 is 1.15 bits per heavy atom. The average molecular weight is 634 g/mol. The van der Waals surface area contributed by atoms with Gasteiger partial charge in [0.25, 0.3) is 0 Å². The summed E-state index contributed by atoms with van der Waals surface area (Å²) in [5.74, 6) is 0. The first-order chi connectivity index (χ1) is 23.4. The average Bonchev–Trinajstić information content (AvgIpc) is 3.69. The number of aromatic nitrogens is 1. The highest BCUT2D eigenvalue weighted by atomic mass is 31.2. The van der Waals surface area contributed by atoms with Gasteiger partial charge in [-0.2, -0.15) is 0 Å². The van der Waals surface area contributed by atoms with Crippen LogP contribution in [0.4, 0.5) is 0 Å². The SMILES string of the molecule is CC1(C)c2ccccc2-c2cc(-c3ccc(-n4c5ccccc5c5cc6c(cc54)-c4ccccc4P6(=O)c4ccccc4)cc3)ccc21. The summed E-state index contributed by atoms with van der Waals surface area (Å²) in [5.41, 5.74) is 13.4. The summed E-state index contributed by atoms with van der Waals surface area (Å²) in [6.45, 7) is 4.65. The molecule has 48 heavy (non-hydrogen) atoms. The lowest BCUT2D eigenvalue weighted by atomic mass is 9.82. The van der Waals surface area contributed by atoms with Crippen molar-refractivity contribution in [1.82, 2.24) is 4.57 Å². The fraction of sp³-hybridized carbons (Fsp3) is 0.0667. The lowest BCUT2D eigenvalue weighted by Crippen LogP contribution is -2.20. The first-order valence-corrected chi connectivity index (χ1v) is 18.3. The summed E-state index contributed by atoms with van der Waals surface area (Å²) in [7, 11) is -3.03. The predicted molar refractivity (Wildman–Crippen MR) is 202 cm³/mol. The summed E-state index contributed by atoms with van der Waals surface area (Å²) in [5, 5.41) is 5.03. The van der Waals surface area contributed by atoms with Gasteiger partial charge in [-0.3, -0.25) is 0 Å². The molecule has 228 valence electrons. The van der Waals surface area contributed by atoms with E-state index in [0.29, 0.717) is 0 Å². The zero-order valence-corrected chi connectivity index (χ0v) is 27.7. The van der Waals surface area contributed by atoms with Gasteiger partial charge in [0.2, 0.25) is 0 Å². The van der Waals surface area contributed by atoms with Crippen LogP contribution in [0, 0.1) is 0 Å². The number of para-hydroxylation sites is 1. The molecule has 0 bridgehead atoms. The van der Waals surface area contributed by atoms with Gasteiger partial charge < -0.3 is 9.13 Å². The van der Waals surface area contributed by atoms with Crippen LogP contribution in [0.1, 0.15) is 25.0 Å². The van der Waals surface area contributed by atoms with Crippen LogP contribution in [0.2, 0.25) is 0 Å². The summed E-state index contributed by atoms with van der Waals surface area (Å²) < 4.78 is 17.6. The standard InChI is InChI=1S/C45H32NOP/c1-45(2)39-17-9-6-14-33(39)36-26-30(22-25-40(36)45)29-20-23-31(24-21-29)46-41-18-10-7-15-34(41)37-28-44-38(27-42(37)46)35-16-8-11-19-43(35)48(44,47)32-12-4-3-5-13-32/h3-28H,1-2H3. The summed E-state index contributed by atoms with van der Waals surface area (Å²) in [6, 6.07) is 56.1. The lowest BCUT2D eigenvalue weighted by Gasteiger charge is -2.21. The van der Waals surface area contributed by atoms with E-state index in [1.807, 2.05) is 36.4 Å². The molecular formula is C45H32NOP. The lowest BCUT2D eigenvalue weighted by molar-refractivity contribution is 0.593. The highest BCUT2D eigenvalue weighted by Crippen LogP contribution is 2.54. The molecule has 0 saturated heterocycles. The molecular weight excluding hydrogens is 601 g/mol. The zero-order valence-electron chi connectivity index (χ0n) is 26.8. The van der Waals surface area contributed by atoms with Gasteiger partial charge in [0.05, 0.1) is 11.0 Å². The molecule has 1 unspecified atom stereocenters. The fourth-order valence-corrected chi connectivity index (χ4v) is 11.6. The van der Waals surface area contributed by atoms with Crippen LogP contribution in [0.15, 0.2) is 158 Å². The minimum Gasteiger partial charge on any atom is -0.309 e. The molecule has 2 heterocycles. The molecule has 0 amide bonds. The molecule has 2 aliphatic rings. The van der Waals surface area contributed by atoms with Gasteiger partial charge in [0.1, 0.15) is 0 Å². The molecule has 0 N–H and O–H groups in total. The molecule has 7 aromatic carbocycles. The summed E-state index contributed by atoms with van der Waals surface area (Å²) in [6.07, 6.45) is 0. The molecule has 0 radical (unpaired) electrons. The number of benzene rings is 7. The molecule has 0 saturated carbocycles. The van der Waals surface area contributed by atoms with Gasteiger partial charge in [0, 0.05) is 37.8 Å². The Kier molecular flexibility index (Phi) is 5.65. The van der Waals surface area contributed by atoms with E-state index in [2.05, 4.69) is 140 Å². The van der Waals surface area contributed by atoms with Gasteiger partial charge in [-0.05, 0) is 80.9 Å². The van der Waals surface area contributed by atoms with Crippen molar-refractivity contribution in [2.45, 2.75) is 19.3 Å². The maximum atomic E-state index is 15.3. The van der Waals surface area contributed by atoms with Crippen molar-refractivity contribution in [1.29, 1.82) is 0 Å². The number of nitrogens with zero attached hydrogens (tertiary/aromatic N) is 1. The van der Waals surface area contributed by atoms with Crippen molar-refractivity contribution in [2.75, 3.05) is 0 Å². The van der Waals surface area contributed by atoms with Gasteiger partial charge in [-0.1, -0.05) is 135 Å². The molecule has 10 rings (SSSR count). The molecule has 1 aliphatic carbocycles. The topological polar surface area (TPSA) is 22.0 Å². The van der Waals surface area contributed by atoms with Gasteiger partial charge >= 0.3 is 0 Å². The molecule has 2 nitrogen and oxygen atoms in total. The van der Waals surface area contributed by atoms with E-state index in [1.165, 1.54) is 33.4 Å². The molecule has 1 atom stereocenters. The van der Waals surface area contributed by atoms with Gasteiger partial charge in [-0.15, -0.1) is 0 Å². The molecule has 8 aromatic rings. The highest BCUT2D eigenvalue weighted by molar-refractivity contribution is 7.86. The van der Waals surface area contributed by atoms with E-state index in [-0.39, 0.29) is 5.41 Å². The van der Waals surface area contributed by atoms with Crippen molar-refractivity contribution < 1.29 is 4.57 Å². The Balaban J connectivity index is 1.14. The summed E-state index contributed by atoms with van der Waals surface area (Å²) >= 11 is 0. The van der Waals surface area contributed by atoms with E-state index >= 15 is 4.57 Å². The van der Waals surface area contributed by atoms with Crippen LogP contribution in [-0.2, 0) is 9.98 Å². The molecule has 3 heteroatoms. The predicted octanol–water partition coefficient (Wildman–Crippen LogP) is 10.4. The Labute approximate surface area is 280 Å². The fourth-order valence-electron chi connectivity index (χ4n) is 8.48. The van der Waals surface area contributed by atoms with Crippen molar-refractivity contribution in [3.8, 4) is 39.1 Å². The van der Waals surface area contributed by atoms with Crippen molar-refractivity contribution in [3.05, 3.63) is 169 Å². The Hall–Kier alpha value is -5.43. The van der Waals surface area contributed by atoms with Crippen molar-refractivity contribution >= 4 is 44.9 Å². The normalized spacial score (nSPS) is 16.9. The summed E-state index contributed by atoms with van der Waals surface area (Å²) in [4.78, 5) is 0. The second kappa shape index (κ2) is 9.80. The Morgan fingerprint density at radius 3 is 1.98 bits per heavy atom. The largest absolute Gasteiger partial charge is 0.309 e. The first-order valence-electron chi connectivity index (χ1n) is 16.6. The quantitative estimate of drug-likeness (QED) is 0.178. The number of rotatable bonds is 3. The molecule has 0 fully saturated rings. The van der Waals surface area contributed by atoms with Crippen LogP contribution < -0.4 is 15.9 Å². The second-order valence-electron chi connectivity index (χ2n) is 13.7. The number of fused-ring (bicyclic) bond motifs is 9. The maximum absolute atomic E-state index is 15.3. The van der Waals surface area contributed by atoms with Crippen LogP contribution >= 0.6 is 7.14 Å². The molecule has 0 spiro atoms. The van der Waals surface area contributed by atoms with Crippen LogP contribution in [0.25, 0.3) is 60.9 Å². The smallest absolute Gasteiger partial charge is 0.172 e. The number of hydrogen-bond acceptors (Lipinski definition) is 1. The number of hydrogen-bond donors (Lipinski definition) is 0. The van der Waals surface area contributed by atoms with Gasteiger partial charge in [0.15, 0.2) is 7.14 Å². The van der Waals surface area contributed by atoms with Crippen LogP contribution in [0.3, 0.4) is 0 Å². The monoisotopic (exact) mass is 633 g/mol. The Morgan fingerprint density at radius 1 is 0.479 bits per heavy atom. The highest BCUT2D eigenvalue weighted by Gasteiger charge is 2.41. The second-order valence-corrected chi connectivity index (χ2v) is 16.4. The Bertz CT molecular complexity index is 2660. The van der Waals surface area contributed by atoms with E-state index in [0.717, 1.165) is 54.5 Å². The van der Waals surface area contributed by atoms with Gasteiger partial charge in [-0.25, -0.2) is 0 Å². The minimum atomic E-state index is -3.03. The van der Waals surface area contributed by atoms with E-state index in [1.54, 1.807) is 0 Å². The zero-order chi connectivity index (χ0) is 32.2. The van der Waals surface area contributed by atoms with E-state index in [9.17, 15) is 0 Å². The third-order valence-corrected chi connectivity index (χ3v) is 14.0. The third kappa shape index (κ3) is 3.61. The van der Waals surface area contributed by atoms with E-state index < -0.39 is 7.14 Å². The van der Waals surface area contributed by atoms with Crippen LogP contribution in [-0.4, -0.2) is 4.57 Å². The van der Waals surface area contributed by atoms with Crippen LogP contribution in [0.5, 0.6) is 0 Å². The molecule has 1 aliphatic heterocycles. The maximum Gasteiger partial charge on any atom is 0.172 e. The molecule has 1 aromatic heterocycles. The van der Waals surface area contributed by atoms with E-state index in [4.69, 9.17) is 0 Å². The third-order valence-electron chi connectivity index (χ3n) is 10.8.